The summed E-state index contributed by atoms with van der Waals surface area (Å²) in [7, 11) is 0. The first-order chi connectivity index (χ1) is 9.60. The third kappa shape index (κ3) is 3.78. The van der Waals surface area contributed by atoms with Crippen molar-refractivity contribution in [3.8, 4) is 0 Å². The fourth-order valence-electron chi connectivity index (χ4n) is 2.36. The van der Waals surface area contributed by atoms with E-state index in [2.05, 4.69) is 34.6 Å². The molecule has 1 heterocycles. The van der Waals surface area contributed by atoms with Gasteiger partial charge in [-0.15, -0.1) is 0 Å². The molecule has 2 aromatic rings. The lowest BCUT2D eigenvalue weighted by atomic mass is 9.97. The zero-order valence-corrected chi connectivity index (χ0v) is 12.9. The number of aryl methyl sites for hydroxylation is 2. The molecule has 0 aliphatic carbocycles. The molecule has 0 saturated carbocycles. The quantitative estimate of drug-likeness (QED) is 0.913. The summed E-state index contributed by atoms with van der Waals surface area (Å²) in [6.07, 6.45) is 0.889. The molecule has 0 spiro atoms. The molecule has 0 saturated heterocycles. The minimum atomic E-state index is 0.229. The fourth-order valence-corrected chi connectivity index (χ4v) is 2.57. The highest BCUT2D eigenvalue weighted by Gasteiger charge is 2.15. The highest BCUT2D eigenvalue weighted by Crippen LogP contribution is 2.22. The van der Waals surface area contributed by atoms with Crippen LogP contribution in [0.4, 0.5) is 0 Å². The number of nitrogens with one attached hydrogen (secondary N) is 1. The maximum absolute atomic E-state index is 6.07. The van der Waals surface area contributed by atoms with Gasteiger partial charge in [0.15, 0.2) is 0 Å². The maximum atomic E-state index is 6.07. The van der Waals surface area contributed by atoms with E-state index in [4.69, 9.17) is 11.6 Å². The highest BCUT2D eigenvalue weighted by molar-refractivity contribution is 6.30. The van der Waals surface area contributed by atoms with Gasteiger partial charge in [-0.05, 0) is 56.1 Å². The van der Waals surface area contributed by atoms with Gasteiger partial charge in [-0.2, -0.15) is 10.2 Å². The molecule has 0 radical (unpaired) electrons. The van der Waals surface area contributed by atoms with E-state index < -0.39 is 0 Å². The Morgan fingerprint density at radius 1 is 1.20 bits per heavy atom. The maximum Gasteiger partial charge on any atom is 0.0648 e. The zero-order valence-electron chi connectivity index (χ0n) is 12.2. The predicted molar refractivity (Wildman–Crippen MR) is 83.1 cm³/mol. The van der Waals surface area contributed by atoms with Gasteiger partial charge in [-0.3, -0.25) is 0 Å². The minimum Gasteiger partial charge on any atom is -0.310 e. The largest absolute Gasteiger partial charge is 0.310 e. The van der Waals surface area contributed by atoms with E-state index in [0.717, 1.165) is 29.4 Å². The van der Waals surface area contributed by atoms with Gasteiger partial charge in [-0.25, -0.2) is 0 Å². The lowest BCUT2D eigenvalue weighted by Crippen LogP contribution is -2.24. The molecular formula is C16H20ClN3. The van der Waals surface area contributed by atoms with Crippen LogP contribution < -0.4 is 5.32 Å². The van der Waals surface area contributed by atoms with Crippen LogP contribution in [0.5, 0.6) is 0 Å². The number of nitrogens with zero attached hydrogens (tertiary/aromatic N) is 2. The summed E-state index contributed by atoms with van der Waals surface area (Å²) in [5.74, 6) is 0. The zero-order chi connectivity index (χ0) is 14.5. The Morgan fingerprint density at radius 2 is 2.00 bits per heavy atom. The van der Waals surface area contributed by atoms with Crippen molar-refractivity contribution in [2.45, 2.75) is 33.2 Å². The second-order valence-electron chi connectivity index (χ2n) is 4.97. The molecule has 0 aliphatic rings. The summed E-state index contributed by atoms with van der Waals surface area (Å²) < 4.78 is 0. The van der Waals surface area contributed by atoms with Crippen LogP contribution in [-0.2, 0) is 6.42 Å². The standard InChI is InChI=1S/C16H20ClN3/c1-4-18-16(10-13-6-5-7-14(17)9-13)15-8-11(2)19-20-12(15)3/h5-9,16,18H,4,10H2,1-3H3. The molecule has 1 aromatic carbocycles. The monoisotopic (exact) mass is 289 g/mol. The molecule has 0 aliphatic heterocycles. The van der Waals surface area contributed by atoms with Crippen LogP contribution in [0.3, 0.4) is 0 Å². The number of hydrogen-bond donors (Lipinski definition) is 1. The van der Waals surface area contributed by atoms with E-state index in [-0.39, 0.29) is 6.04 Å². The first-order valence-electron chi connectivity index (χ1n) is 6.88. The lowest BCUT2D eigenvalue weighted by molar-refractivity contribution is 0.542. The number of halogens is 1. The molecule has 0 amide bonds. The van der Waals surface area contributed by atoms with Crippen LogP contribution in [0.2, 0.25) is 5.02 Å². The summed E-state index contributed by atoms with van der Waals surface area (Å²) >= 11 is 6.07. The van der Waals surface area contributed by atoms with Crippen molar-refractivity contribution in [3.63, 3.8) is 0 Å². The number of hydrogen-bond acceptors (Lipinski definition) is 3. The molecule has 1 unspecified atom stereocenters. The van der Waals surface area contributed by atoms with Crippen molar-refractivity contribution in [1.29, 1.82) is 0 Å². The van der Waals surface area contributed by atoms with Gasteiger partial charge >= 0.3 is 0 Å². The Hall–Kier alpha value is -1.45. The van der Waals surface area contributed by atoms with E-state index in [9.17, 15) is 0 Å². The third-order valence-corrected chi connectivity index (χ3v) is 3.53. The van der Waals surface area contributed by atoms with Crippen LogP contribution in [0.25, 0.3) is 0 Å². The molecule has 3 nitrogen and oxygen atoms in total. The van der Waals surface area contributed by atoms with Crippen LogP contribution >= 0.6 is 11.6 Å². The van der Waals surface area contributed by atoms with Crippen molar-refractivity contribution in [3.05, 3.63) is 57.9 Å². The van der Waals surface area contributed by atoms with Crippen molar-refractivity contribution in [2.24, 2.45) is 0 Å². The second-order valence-corrected chi connectivity index (χ2v) is 5.41. The van der Waals surface area contributed by atoms with Crippen molar-refractivity contribution in [2.75, 3.05) is 6.54 Å². The Labute approximate surface area is 125 Å². The fraction of sp³-hybridized carbons (Fsp3) is 0.375. The summed E-state index contributed by atoms with van der Waals surface area (Å²) in [4.78, 5) is 0. The van der Waals surface area contributed by atoms with E-state index in [1.54, 1.807) is 0 Å². The normalized spacial score (nSPS) is 12.4. The molecule has 0 bridgehead atoms. The molecule has 106 valence electrons. The Balaban J connectivity index is 2.29. The Bertz CT molecular complexity index is 584. The van der Waals surface area contributed by atoms with E-state index >= 15 is 0 Å². The highest BCUT2D eigenvalue weighted by atomic mass is 35.5. The number of rotatable bonds is 5. The first-order valence-corrected chi connectivity index (χ1v) is 7.26. The Kier molecular flexibility index (Phi) is 5.10. The third-order valence-electron chi connectivity index (χ3n) is 3.29. The van der Waals surface area contributed by atoms with Gasteiger partial charge in [0.2, 0.25) is 0 Å². The molecule has 0 fully saturated rings. The molecule has 2 rings (SSSR count). The van der Waals surface area contributed by atoms with Crippen molar-refractivity contribution < 1.29 is 0 Å². The van der Waals surface area contributed by atoms with Crippen molar-refractivity contribution >= 4 is 11.6 Å². The molecular weight excluding hydrogens is 270 g/mol. The SMILES string of the molecule is CCNC(Cc1cccc(Cl)c1)c1cc(C)nnc1C. The minimum absolute atomic E-state index is 0.229. The van der Waals surface area contributed by atoms with Gasteiger partial charge in [0.25, 0.3) is 0 Å². The van der Waals surface area contributed by atoms with E-state index in [1.165, 1.54) is 11.1 Å². The van der Waals surface area contributed by atoms with Gasteiger partial charge in [0, 0.05) is 11.1 Å². The molecule has 1 atom stereocenters. The number of aromatic nitrogens is 2. The molecule has 20 heavy (non-hydrogen) atoms. The van der Waals surface area contributed by atoms with Crippen LogP contribution in [0.15, 0.2) is 30.3 Å². The molecule has 1 aromatic heterocycles. The van der Waals surface area contributed by atoms with Gasteiger partial charge in [-0.1, -0.05) is 30.7 Å². The summed E-state index contributed by atoms with van der Waals surface area (Å²) in [5.41, 5.74) is 4.35. The molecule has 4 heteroatoms. The average molecular weight is 290 g/mol. The average Bonchev–Trinajstić information content (AvgIpc) is 2.41. The number of benzene rings is 1. The van der Waals surface area contributed by atoms with E-state index in [0.29, 0.717) is 0 Å². The predicted octanol–water partition coefficient (Wildman–Crippen LogP) is 3.64. The second kappa shape index (κ2) is 6.82. The summed E-state index contributed by atoms with van der Waals surface area (Å²) in [6, 6.07) is 10.4. The first kappa shape index (κ1) is 14.9. The molecule has 1 N–H and O–H groups in total. The topological polar surface area (TPSA) is 37.8 Å². The lowest BCUT2D eigenvalue weighted by Gasteiger charge is -2.20. The summed E-state index contributed by atoms with van der Waals surface area (Å²) in [6.45, 7) is 7.00. The van der Waals surface area contributed by atoms with Crippen LogP contribution in [0.1, 0.15) is 35.5 Å². The smallest absolute Gasteiger partial charge is 0.0648 e. The van der Waals surface area contributed by atoms with E-state index in [1.807, 2.05) is 32.0 Å². The van der Waals surface area contributed by atoms with Gasteiger partial charge in [0.1, 0.15) is 0 Å². The van der Waals surface area contributed by atoms with Gasteiger partial charge < -0.3 is 5.32 Å². The van der Waals surface area contributed by atoms with Crippen LogP contribution in [0, 0.1) is 13.8 Å². The van der Waals surface area contributed by atoms with Crippen molar-refractivity contribution in [1.82, 2.24) is 15.5 Å². The Morgan fingerprint density at radius 3 is 2.70 bits per heavy atom. The summed E-state index contributed by atoms with van der Waals surface area (Å²) in [5, 5.41) is 12.6. The van der Waals surface area contributed by atoms with Crippen LogP contribution in [-0.4, -0.2) is 16.7 Å². The van der Waals surface area contributed by atoms with Gasteiger partial charge in [0.05, 0.1) is 11.4 Å². The number of likely N-dealkylation sites (N-methyl/N-ethyl adjacent to an activating group) is 1.